The molecular weight excluding hydrogens is 306 g/mol. The molecule has 0 saturated carbocycles. The maximum atomic E-state index is 4.18. The first-order chi connectivity index (χ1) is 9.72. The third kappa shape index (κ3) is 4.48. The average molecular weight is 326 g/mol. The molecule has 2 rings (SSSR count). The van der Waals surface area contributed by atoms with Crippen LogP contribution in [-0.2, 0) is 0 Å². The highest BCUT2D eigenvalue weighted by Crippen LogP contribution is 2.33. The summed E-state index contributed by atoms with van der Waals surface area (Å²) in [5.41, 5.74) is 1.32. The lowest BCUT2D eigenvalue weighted by Crippen LogP contribution is -2.19. The fourth-order valence-corrected chi connectivity index (χ4v) is 4.14. The molecule has 0 aliphatic heterocycles. The average Bonchev–Trinajstić information content (AvgIpc) is 2.93. The zero-order valence-corrected chi connectivity index (χ0v) is 14.4. The number of nitrogens with zero attached hydrogens (tertiary/aromatic N) is 2. The van der Waals surface area contributed by atoms with Crippen LogP contribution in [0.5, 0.6) is 0 Å². The molecule has 0 fully saturated rings. The van der Waals surface area contributed by atoms with Gasteiger partial charge in [0.1, 0.15) is 0 Å². The molecule has 2 aromatic rings. The van der Waals surface area contributed by atoms with Gasteiger partial charge in [-0.2, -0.15) is 0 Å². The zero-order chi connectivity index (χ0) is 14.4. The number of hydrogen-bond acceptors (Lipinski definition) is 6. The van der Waals surface area contributed by atoms with Crippen LogP contribution in [0.3, 0.4) is 0 Å². The third-order valence-electron chi connectivity index (χ3n) is 2.85. The van der Waals surface area contributed by atoms with Crippen molar-refractivity contribution in [2.75, 3.05) is 12.8 Å². The minimum atomic E-state index is 0.402. The second kappa shape index (κ2) is 8.02. The first-order valence-electron chi connectivity index (χ1n) is 6.61. The molecule has 1 heterocycles. The largest absolute Gasteiger partial charge is 0.310 e. The molecule has 1 aromatic carbocycles. The normalized spacial score (nSPS) is 12.6. The Bertz CT molecular complexity index is 525. The molecule has 1 aromatic heterocycles. The van der Waals surface area contributed by atoms with E-state index >= 15 is 0 Å². The molecule has 3 nitrogen and oxygen atoms in total. The summed E-state index contributed by atoms with van der Waals surface area (Å²) in [4.78, 5) is 1.21. The van der Waals surface area contributed by atoms with Crippen molar-refractivity contribution in [1.82, 2.24) is 15.5 Å². The van der Waals surface area contributed by atoms with E-state index in [-0.39, 0.29) is 0 Å². The lowest BCUT2D eigenvalue weighted by Gasteiger charge is -2.13. The molecule has 1 unspecified atom stereocenters. The van der Waals surface area contributed by atoms with Gasteiger partial charge in [-0.1, -0.05) is 53.9 Å². The van der Waals surface area contributed by atoms with Crippen LogP contribution < -0.4 is 5.32 Å². The zero-order valence-electron chi connectivity index (χ0n) is 11.9. The Labute approximate surface area is 133 Å². The van der Waals surface area contributed by atoms with Crippen LogP contribution in [0.1, 0.15) is 31.9 Å². The molecule has 0 aliphatic carbocycles. The van der Waals surface area contributed by atoms with Crippen LogP contribution in [0.15, 0.2) is 37.8 Å². The van der Waals surface area contributed by atoms with Crippen molar-refractivity contribution in [1.29, 1.82) is 0 Å². The van der Waals surface area contributed by atoms with Crippen molar-refractivity contribution in [2.24, 2.45) is 0 Å². The summed E-state index contributed by atoms with van der Waals surface area (Å²) < 4.78 is 2.01. The third-order valence-corrected chi connectivity index (χ3v) is 5.81. The molecule has 6 heteroatoms. The van der Waals surface area contributed by atoms with Crippen molar-refractivity contribution in [3.8, 4) is 0 Å². The summed E-state index contributed by atoms with van der Waals surface area (Å²) in [6.07, 6.45) is 3.18. The van der Waals surface area contributed by atoms with Gasteiger partial charge in [-0.3, -0.25) is 0 Å². The van der Waals surface area contributed by atoms with Gasteiger partial charge in [-0.05, 0) is 43.8 Å². The summed E-state index contributed by atoms with van der Waals surface area (Å²) >= 11 is 4.95. The quantitative estimate of drug-likeness (QED) is 0.760. The topological polar surface area (TPSA) is 37.8 Å². The van der Waals surface area contributed by atoms with Crippen molar-refractivity contribution >= 4 is 34.9 Å². The molecule has 0 saturated heterocycles. The van der Waals surface area contributed by atoms with Crippen molar-refractivity contribution in [2.45, 2.75) is 39.9 Å². The Kier molecular flexibility index (Phi) is 6.35. The van der Waals surface area contributed by atoms with Gasteiger partial charge in [0.25, 0.3) is 0 Å². The van der Waals surface area contributed by atoms with Gasteiger partial charge in [0.15, 0.2) is 8.68 Å². The van der Waals surface area contributed by atoms with E-state index in [4.69, 9.17) is 0 Å². The van der Waals surface area contributed by atoms with E-state index in [1.807, 2.05) is 6.26 Å². The molecule has 0 aliphatic rings. The maximum absolute atomic E-state index is 4.18. The SMILES string of the molecule is CCCNC(C)c1ccc(Sc2nnc(SC)s2)cc1. The fourth-order valence-electron chi connectivity index (χ4n) is 1.72. The highest BCUT2D eigenvalue weighted by Gasteiger charge is 2.07. The first-order valence-corrected chi connectivity index (χ1v) is 9.47. The van der Waals surface area contributed by atoms with Crippen LogP contribution in [0.4, 0.5) is 0 Å². The Morgan fingerprint density at radius 2 is 1.90 bits per heavy atom. The van der Waals surface area contributed by atoms with Crippen LogP contribution in [0.25, 0.3) is 0 Å². The molecule has 0 bridgehead atoms. The molecule has 20 heavy (non-hydrogen) atoms. The fraction of sp³-hybridized carbons (Fsp3) is 0.429. The monoisotopic (exact) mass is 325 g/mol. The molecule has 1 N–H and O–H groups in total. The Hall–Kier alpha value is -0.560. The van der Waals surface area contributed by atoms with E-state index in [0.717, 1.165) is 21.6 Å². The highest BCUT2D eigenvalue weighted by molar-refractivity contribution is 8.03. The van der Waals surface area contributed by atoms with E-state index in [0.29, 0.717) is 6.04 Å². The van der Waals surface area contributed by atoms with Crippen LogP contribution >= 0.6 is 34.9 Å². The van der Waals surface area contributed by atoms with Gasteiger partial charge in [0.2, 0.25) is 0 Å². The standard InChI is InChI=1S/C14H19N3S3/c1-4-9-15-10(2)11-5-7-12(8-6-11)19-14-17-16-13(18-3)20-14/h5-8,10,15H,4,9H2,1-3H3. The van der Waals surface area contributed by atoms with Crippen molar-refractivity contribution in [3.63, 3.8) is 0 Å². The lowest BCUT2D eigenvalue weighted by molar-refractivity contribution is 0.570. The first kappa shape index (κ1) is 15.8. The van der Waals surface area contributed by atoms with Crippen molar-refractivity contribution in [3.05, 3.63) is 29.8 Å². The Morgan fingerprint density at radius 3 is 2.50 bits per heavy atom. The predicted molar refractivity (Wildman–Crippen MR) is 89.0 cm³/mol. The molecule has 0 amide bonds. The van der Waals surface area contributed by atoms with E-state index in [2.05, 4.69) is 53.6 Å². The number of benzene rings is 1. The van der Waals surface area contributed by atoms with Gasteiger partial charge in [0, 0.05) is 10.9 Å². The van der Waals surface area contributed by atoms with E-state index < -0.39 is 0 Å². The molecule has 108 valence electrons. The summed E-state index contributed by atoms with van der Waals surface area (Å²) in [7, 11) is 0. The molecular formula is C14H19N3S3. The van der Waals surface area contributed by atoms with Crippen LogP contribution in [-0.4, -0.2) is 23.0 Å². The van der Waals surface area contributed by atoms with Gasteiger partial charge in [0.05, 0.1) is 0 Å². The van der Waals surface area contributed by atoms with Gasteiger partial charge in [-0.15, -0.1) is 10.2 Å². The minimum absolute atomic E-state index is 0.402. The molecule has 1 atom stereocenters. The summed E-state index contributed by atoms with van der Waals surface area (Å²) in [5.74, 6) is 0. The second-order valence-corrected chi connectivity index (χ2v) is 7.74. The van der Waals surface area contributed by atoms with Gasteiger partial charge >= 0.3 is 0 Å². The predicted octanol–water partition coefficient (Wildman–Crippen LogP) is 4.47. The van der Waals surface area contributed by atoms with Gasteiger partial charge in [-0.25, -0.2) is 0 Å². The number of nitrogens with one attached hydrogen (secondary N) is 1. The molecule has 0 spiro atoms. The van der Waals surface area contributed by atoms with Crippen LogP contribution in [0, 0.1) is 0 Å². The maximum Gasteiger partial charge on any atom is 0.179 e. The van der Waals surface area contributed by atoms with E-state index in [1.165, 1.54) is 10.5 Å². The summed E-state index contributed by atoms with van der Waals surface area (Å²) in [5, 5.41) is 11.8. The van der Waals surface area contributed by atoms with E-state index in [1.54, 1.807) is 34.9 Å². The van der Waals surface area contributed by atoms with Crippen molar-refractivity contribution < 1.29 is 0 Å². The van der Waals surface area contributed by atoms with Crippen LogP contribution in [0.2, 0.25) is 0 Å². The number of rotatable bonds is 7. The Morgan fingerprint density at radius 1 is 1.20 bits per heavy atom. The second-order valence-electron chi connectivity index (χ2n) is 4.38. The highest BCUT2D eigenvalue weighted by atomic mass is 32.2. The summed E-state index contributed by atoms with van der Waals surface area (Å²) in [6, 6.07) is 9.09. The molecule has 0 radical (unpaired) electrons. The number of thioether (sulfide) groups is 1. The minimum Gasteiger partial charge on any atom is -0.310 e. The van der Waals surface area contributed by atoms with E-state index in [9.17, 15) is 0 Å². The van der Waals surface area contributed by atoms with Gasteiger partial charge < -0.3 is 5.32 Å². The number of aromatic nitrogens is 2. The summed E-state index contributed by atoms with van der Waals surface area (Å²) in [6.45, 7) is 5.44. The lowest BCUT2D eigenvalue weighted by atomic mass is 10.1. The Balaban J connectivity index is 1.97. The number of hydrogen-bond donors (Lipinski definition) is 1. The smallest absolute Gasteiger partial charge is 0.179 e.